The highest BCUT2D eigenvalue weighted by Gasteiger charge is 2.39. The first-order valence-corrected chi connectivity index (χ1v) is 11.8. The summed E-state index contributed by atoms with van der Waals surface area (Å²) in [4.78, 5) is 28.5. The summed E-state index contributed by atoms with van der Waals surface area (Å²) < 4.78 is 16.9. The second kappa shape index (κ2) is 11.2. The molecule has 1 aromatic heterocycles. The van der Waals surface area contributed by atoms with Gasteiger partial charge < -0.3 is 19.5 Å². The number of imide groups is 1. The van der Waals surface area contributed by atoms with Crippen LogP contribution in [0.15, 0.2) is 41.4 Å². The molecular weight excluding hydrogens is 428 g/mol. The topological polar surface area (TPSA) is 77.1 Å². The van der Waals surface area contributed by atoms with Crippen LogP contribution >= 0.6 is 11.3 Å². The molecule has 172 valence electrons. The number of nitrogens with one attached hydrogen (secondary N) is 1. The van der Waals surface area contributed by atoms with Gasteiger partial charge in [0.1, 0.15) is 5.70 Å². The lowest BCUT2D eigenvalue weighted by Gasteiger charge is -2.16. The summed E-state index contributed by atoms with van der Waals surface area (Å²) >= 11 is 1.43. The zero-order valence-corrected chi connectivity index (χ0v) is 19.8. The number of rotatable bonds is 12. The van der Waals surface area contributed by atoms with Crippen molar-refractivity contribution in [1.29, 1.82) is 0 Å². The summed E-state index contributed by atoms with van der Waals surface area (Å²) in [5, 5.41) is 5.06. The number of ether oxygens (including phenoxy) is 3. The Kier molecular flexibility index (Phi) is 8.30. The number of amides is 2. The molecule has 2 amide bonds. The number of nitrogens with zero attached hydrogens (tertiary/aromatic N) is 1. The quantitative estimate of drug-likeness (QED) is 0.371. The number of carbonyl (C=O) groups is 2. The van der Waals surface area contributed by atoms with E-state index < -0.39 is 0 Å². The van der Waals surface area contributed by atoms with Crippen LogP contribution in [0.25, 0.3) is 5.57 Å². The number of anilines is 1. The third-order valence-corrected chi connectivity index (χ3v) is 5.61. The molecule has 1 aliphatic rings. The first kappa shape index (κ1) is 23.8. The third kappa shape index (κ3) is 5.49. The average molecular weight is 459 g/mol. The van der Waals surface area contributed by atoms with Crippen LogP contribution in [0.5, 0.6) is 11.5 Å². The van der Waals surface area contributed by atoms with Crippen molar-refractivity contribution in [2.45, 2.75) is 40.2 Å². The lowest BCUT2D eigenvalue weighted by molar-refractivity contribution is -0.137. The minimum absolute atomic E-state index is 0.108. The van der Waals surface area contributed by atoms with Gasteiger partial charge in [-0.3, -0.25) is 14.5 Å². The normalized spacial score (nSPS) is 14.0. The molecule has 1 aliphatic heterocycles. The van der Waals surface area contributed by atoms with E-state index in [0.29, 0.717) is 55.5 Å². The maximum absolute atomic E-state index is 13.2. The lowest BCUT2D eigenvalue weighted by atomic mass is 10.1. The Morgan fingerprint density at radius 3 is 2.44 bits per heavy atom. The number of benzene rings is 1. The van der Waals surface area contributed by atoms with E-state index in [4.69, 9.17) is 14.2 Å². The minimum atomic E-state index is -0.338. The standard InChI is InChI=1S/C24H30N2O5S/c1-5-29-18-11-10-17(15-19(18)30-6-2)25-22-21(20-9-7-14-32-20)23(27)26(24(22)28)12-8-13-31-16(3)4/h7,9-11,14-16,25H,5-6,8,12-13H2,1-4H3. The molecule has 32 heavy (non-hydrogen) atoms. The monoisotopic (exact) mass is 458 g/mol. The van der Waals surface area contributed by atoms with Crippen molar-refractivity contribution >= 4 is 34.4 Å². The number of thiophene rings is 1. The Labute approximate surface area is 193 Å². The van der Waals surface area contributed by atoms with Crippen LogP contribution in [0, 0.1) is 0 Å². The highest BCUT2D eigenvalue weighted by atomic mass is 32.1. The smallest absolute Gasteiger partial charge is 0.278 e. The lowest BCUT2D eigenvalue weighted by Crippen LogP contribution is -2.34. The summed E-state index contributed by atoms with van der Waals surface area (Å²) in [6, 6.07) is 9.10. The molecule has 0 aliphatic carbocycles. The van der Waals surface area contributed by atoms with E-state index in [1.165, 1.54) is 16.2 Å². The molecule has 0 saturated carbocycles. The molecule has 1 N–H and O–H groups in total. The van der Waals surface area contributed by atoms with Gasteiger partial charge in [0.25, 0.3) is 11.8 Å². The molecule has 0 radical (unpaired) electrons. The largest absolute Gasteiger partial charge is 0.490 e. The van der Waals surface area contributed by atoms with Gasteiger partial charge >= 0.3 is 0 Å². The van der Waals surface area contributed by atoms with E-state index >= 15 is 0 Å². The summed E-state index contributed by atoms with van der Waals surface area (Å²) in [5.74, 6) is 0.584. The SMILES string of the molecule is CCOc1ccc(NC2=C(c3cccs3)C(=O)N(CCCOC(C)C)C2=O)cc1OCC. The van der Waals surface area contributed by atoms with E-state index in [1.807, 2.05) is 51.3 Å². The molecule has 0 fully saturated rings. The average Bonchev–Trinajstić information content (AvgIpc) is 3.35. The van der Waals surface area contributed by atoms with Crippen LogP contribution in [-0.2, 0) is 14.3 Å². The third-order valence-electron chi connectivity index (χ3n) is 4.73. The molecule has 8 heteroatoms. The fourth-order valence-electron chi connectivity index (χ4n) is 3.36. The van der Waals surface area contributed by atoms with Gasteiger partial charge in [-0.2, -0.15) is 0 Å². The molecule has 2 heterocycles. The first-order valence-electron chi connectivity index (χ1n) is 10.9. The van der Waals surface area contributed by atoms with Gasteiger partial charge in [0.15, 0.2) is 11.5 Å². The van der Waals surface area contributed by atoms with Crippen molar-refractivity contribution in [1.82, 2.24) is 4.90 Å². The summed E-state index contributed by atoms with van der Waals surface area (Å²) in [5.41, 5.74) is 1.31. The Balaban J connectivity index is 1.87. The van der Waals surface area contributed by atoms with Gasteiger partial charge in [-0.1, -0.05) is 6.07 Å². The summed E-state index contributed by atoms with van der Waals surface area (Å²) in [6.45, 7) is 9.51. The van der Waals surface area contributed by atoms with Crippen molar-refractivity contribution < 1.29 is 23.8 Å². The molecule has 0 unspecified atom stereocenters. The second-order valence-electron chi connectivity index (χ2n) is 7.41. The molecule has 0 saturated heterocycles. The number of hydrogen-bond acceptors (Lipinski definition) is 7. The van der Waals surface area contributed by atoms with E-state index in [1.54, 1.807) is 12.1 Å². The van der Waals surface area contributed by atoms with E-state index in [2.05, 4.69) is 5.32 Å². The van der Waals surface area contributed by atoms with Gasteiger partial charge in [0, 0.05) is 29.8 Å². The molecule has 0 bridgehead atoms. The fraction of sp³-hybridized carbons (Fsp3) is 0.417. The molecular formula is C24H30N2O5S. The highest BCUT2D eigenvalue weighted by molar-refractivity contribution is 7.11. The van der Waals surface area contributed by atoms with Crippen LogP contribution in [0.3, 0.4) is 0 Å². The van der Waals surface area contributed by atoms with Gasteiger partial charge in [0.2, 0.25) is 0 Å². The zero-order chi connectivity index (χ0) is 23.1. The van der Waals surface area contributed by atoms with Crippen LogP contribution in [0.1, 0.15) is 39.0 Å². The van der Waals surface area contributed by atoms with Crippen molar-refractivity contribution in [3.05, 3.63) is 46.3 Å². The van der Waals surface area contributed by atoms with Crippen LogP contribution in [-0.4, -0.2) is 49.2 Å². The van der Waals surface area contributed by atoms with Crippen molar-refractivity contribution in [3.8, 4) is 11.5 Å². The highest BCUT2D eigenvalue weighted by Crippen LogP contribution is 2.35. The van der Waals surface area contributed by atoms with Gasteiger partial charge in [-0.25, -0.2) is 0 Å². The number of carbonyl (C=O) groups excluding carboxylic acids is 2. The Bertz CT molecular complexity index is 969. The minimum Gasteiger partial charge on any atom is -0.490 e. The van der Waals surface area contributed by atoms with Crippen LogP contribution in [0.4, 0.5) is 5.69 Å². The maximum Gasteiger partial charge on any atom is 0.278 e. The molecule has 0 spiro atoms. The Hall–Kier alpha value is -2.84. The zero-order valence-electron chi connectivity index (χ0n) is 19.0. The number of hydrogen-bond donors (Lipinski definition) is 1. The predicted molar refractivity (Wildman–Crippen MR) is 126 cm³/mol. The van der Waals surface area contributed by atoms with Crippen molar-refractivity contribution in [3.63, 3.8) is 0 Å². The van der Waals surface area contributed by atoms with Gasteiger partial charge in [0.05, 0.1) is 24.9 Å². The van der Waals surface area contributed by atoms with Gasteiger partial charge in [-0.15, -0.1) is 11.3 Å². The first-order chi connectivity index (χ1) is 15.5. The summed E-state index contributed by atoms with van der Waals surface area (Å²) in [7, 11) is 0. The molecule has 3 rings (SSSR count). The fourth-order valence-corrected chi connectivity index (χ4v) is 4.13. The van der Waals surface area contributed by atoms with Gasteiger partial charge in [-0.05, 0) is 57.7 Å². The van der Waals surface area contributed by atoms with E-state index in [9.17, 15) is 9.59 Å². The molecule has 7 nitrogen and oxygen atoms in total. The van der Waals surface area contributed by atoms with Crippen molar-refractivity contribution in [2.24, 2.45) is 0 Å². The molecule has 0 atom stereocenters. The molecule has 1 aromatic carbocycles. The summed E-state index contributed by atoms with van der Waals surface area (Å²) in [6.07, 6.45) is 0.689. The predicted octanol–water partition coefficient (Wildman–Crippen LogP) is 4.55. The van der Waals surface area contributed by atoms with Crippen LogP contribution in [0.2, 0.25) is 0 Å². The van der Waals surface area contributed by atoms with E-state index in [-0.39, 0.29) is 23.6 Å². The van der Waals surface area contributed by atoms with Crippen LogP contribution < -0.4 is 14.8 Å². The van der Waals surface area contributed by atoms with E-state index in [0.717, 1.165) is 4.88 Å². The Morgan fingerprint density at radius 2 is 1.78 bits per heavy atom. The molecule has 2 aromatic rings. The van der Waals surface area contributed by atoms with Crippen molar-refractivity contribution in [2.75, 3.05) is 31.7 Å². The maximum atomic E-state index is 13.2. The second-order valence-corrected chi connectivity index (χ2v) is 8.36. The Morgan fingerprint density at radius 1 is 1.03 bits per heavy atom.